The van der Waals surface area contributed by atoms with Gasteiger partial charge in [-0.15, -0.1) is 0 Å². The summed E-state index contributed by atoms with van der Waals surface area (Å²) in [5, 5.41) is 0.663. The van der Waals surface area contributed by atoms with Crippen LogP contribution in [0.2, 0.25) is 0 Å². The molecule has 0 unspecified atom stereocenters. The zero-order valence-corrected chi connectivity index (χ0v) is 19.2. The van der Waals surface area contributed by atoms with Crippen molar-refractivity contribution in [3.63, 3.8) is 0 Å². The highest BCUT2D eigenvalue weighted by Gasteiger charge is 2.29. The van der Waals surface area contributed by atoms with Crippen molar-refractivity contribution in [3.8, 4) is 11.5 Å². The van der Waals surface area contributed by atoms with Crippen LogP contribution in [0.25, 0.3) is 6.08 Å². The van der Waals surface area contributed by atoms with E-state index in [1.807, 2.05) is 25.1 Å². The molecule has 0 bridgehead atoms. The van der Waals surface area contributed by atoms with Gasteiger partial charge in [0.05, 0.1) is 15.1 Å². The normalized spacial score (nSPS) is 16.7. The van der Waals surface area contributed by atoms with Gasteiger partial charge in [0.1, 0.15) is 12.4 Å². The van der Waals surface area contributed by atoms with Crippen molar-refractivity contribution in [2.24, 2.45) is 4.99 Å². The number of amidine groups is 1. The summed E-state index contributed by atoms with van der Waals surface area (Å²) in [6.07, 6.45) is 1.82. The van der Waals surface area contributed by atoms with Crippen LogP contribution in [0, 0.1) is 9.39 Å². The van der Waals surface area contributed by atoms with Crippen molar-refractivity contribution in [2.75, 3.05) is 20.7 Å². The predicted molar refractivity (Wildman–Crippen MR) is 123 cm³/mol. The Hall–Kier alpha value is -2.07. The van der Waals surface area contributed by atoms with Crippen LogP contribution in [-0.4, -0.2) is 36.7 Å². The fraction of sp³-hybridized carbons (Fsp3) is 0.238. The second kappa shape index (κ2) is 9.62. The fourth-order valence-electron chi connectivity index (χ4n) is 2.76. The molecule has 2 aromatic carbocycles. The van der Waals surface area contributed by atoms with Crippen molar-refractivity contribution in [1.82, 2.24) is 4.90 Å². The van der Waals surface area contributed by atoms with Crippen molar-refractivity contribution in [2.45, 2.75) is 13.5 Å². The van der Waals surface area contributed by atoms with Crippen LogP contribution < -0.4 is 9.47 Å². The minimum Gasteiger partial charge on any atom is -0.490 e. The average Bonchev–Trinajstić information content (AvgIpc) is 2.95. The summed E-state index contributed by atoms with van der Waals surface area (Å²) in [5.74, 6) is 0.787. The number of hydrogen-bond donors (Lipinski definition) is 0. The number of ether oxygens (including phenoxy) is 2. The van der Waals surface area contributed by atoms with Crippen molar-refractivity contribution >= 4 is 51.5 Å². The fourth-order valence-corrected chi connectivity index (χ4v) is 4.47. The van der Waals surface area contributed by atoms with E-state index in [0.29, 0.717) is 28.2 Å². The maximum Gasteiger partial charge on any atom is 0.266 e. The van der Waals surface area contributed by atoms with E-state index in [4.69, 9.17) is 9.47 Å². The summed E-state index contributed by atoms with van der Waals surface area (Å²) in [5.41, 5.74) is 1.56. The first kappa shape index (κ1) is 21.6. The topological polar surface area (TPSA) is 51.1 Å². The van der Waals surface area contributed by atoms with Gasteiger partial charge in [-0.2, -0.15) is 0 Å². The molecule has 0 saturated carbocycles. The molecule has 1 saturated heterocycles. The van der Waals surface area contributed by atoms with Crippen LogP contribution in [-0.2, 0) is 11.4 Å². The molecule has 1 aliphatic heterocycles. The Morgan fingerprint density at radius 2 is 2.07 bits per heavy atom. The molecular weight excluding hydrogens is 506 g/mol. The third-order valence-electron chi connectivity index (χ3n) is 4.10. The van der Waals surface area contributed by atoms with Crippen molar-refractivity contribution in [3.05, 3.63) is 61.8 Å². The van der Waals surface area contributed by atoms with Gasteiger partial charge < -0.3 is 9.47 Å². The third-order valence-corrected chi connectivity index (χ3v) is 6.05. The van der Waals surface area contributed by atoms with Crippen LogP contribution in [0.15, 0.2) is 46.3 Å². The second-order valence-corrected chi connectivity index (χ2v) is 8.33. The largest absolute Gasteiger partial charge is 0.490 e. The van der Waals surface area contributed by atoms with Crippen molar-refractivity contribution < 1.29 is 18.7 Å². The molecule has 0 aliphatic carbocycles. The molecule has 0 aromatic heterocycles. The summed E-state index contributed by atoms with van der Waals surface area (Å²) in [7, 11) is 3.37. The minimum absolute atomic E-state index is 0.0880. The summed E-state index contributed by atoms with van der Waals surface area (Å²) in [4.78, 5) is 18.6. The Bertz CT molecular complexity index is 994. The molecule has 0 spiro atoms. The maximum absolute atomic E-state index is 13.4. The SMILES string of the molecule is CCOc1cc(/C=C2/SC(=NC)N(C)C2=O)cc(I)c1OCc1cccc(F)c1. The summed E-state index contributed by atoms with van der Waals surface area (Å²) < 4.78 is 25.9. The number of carbonyl (C=O) groups excluding carboxylic acids is 1. The highest BCUT2D eigenvalue weighted by Crippen LogP contribution is 2.37. The smallest absolute Gasteiger partial charge is 0.266 e. The Morgan fingerprint density at radius 1 is 1.28 bits per heavy atom. The summed E-state index contributed by atoms with van der Waals surface area (Å²) in [6, 6.07) is 10.1. The molecule has 1 fully saturated rings. The molecule has 5 nitrogen and oxygen atoms in total. The first-order valence-corrected chi connectivity index (χ1v) is 10.8. The lowest BCUT2D eigenvalue weighted by molar-refractivity contribution is -0.121. The second-order valence-electron chi connectivity index (χ2n) is 6.16. The summed E-state index contributed by atoms with van der Waals surface area (Å²) in [6.45, 7) is 2.59. The number of halogens is 2. The minimum atomic E-state index is -0.300. The molecular formula is C21H20FIN2O3S. The number of thioether (sulfide) groups is 1. The van der Waals surface area contributed by atoms with E-state index in [-0.39, 0.29) is 18.3 Å². The highest BCUT2D eigenvalue weighted by atomic mass is 127. The first-order valence-electron chi connectivity index (χ1n) is 8.91. The van der Waals surface area contributed by atoms with E-state index in [9.17, 15) is 9.18 Å². The molecule has 2 aromatic rings. The average molecular weight is 526 g/mol. The molecule has 1 heterocycles. The number of rotatable bonds is 6. The van der Waals surface area contributed by atoms with E-state index in [1.165, 1.54) is 28.8 Å². The molecule has 1 aliphatic rings. The van der Waals surface area contributed by atoms with Crippen LogP contribution in [0.4, 0.5) is 4.39 Å². The number of likely N-dealkylation sites (N-methyl/N-ethyl adjacent to an activating group) is 1. The van der Waals surface area contributed by atoms with E-state index in [0.717, 1.165) is 14.7 Å². The molecule has 29 heavy (non-hydrogen) atoms. The quantitative estimate of drug-likeness (QED) is 0.396. The van der Waals surface area contributed by atoms with Crippen LogP contribution in [0.5, 0.6) is 11.5 Å². The van der Waals surface area contributed by atoms with Crippen LogP contribution in [0.3, 0.4) is 0 Å². The van der Waals surface area contributed by atoms with E-state index >= 15 is 0 Å². The monoisotopic (exact) mass is 526 g/mol. The molecule has 0 atom stereocenters. The van der Waals surface area contributed by atoms with Gasteiger partial charge in [0.2, 0.25) is 0 Å². The number of benzene rings is 2. The van der Waals surface area contributed by atoms with E-state index in [1.54, 1.807) is 26.2 Å². The first-order chi connectivity index (χ1) is 13.9. The Kier molecular flexibility index (Phi) is 7.18. The zero-order valence-electron chi connectivity index (χ0n) is 16.2. The van der Waals surface area contributed by atoms with Gasteiger partial charge in [0.15, 0.2) is 16.7 Å². The molecule has 152 valence electrons. The molecule has 0 N–H and O–H groups in total. The molecule has 0 radical (unpaired) electrons. The summed E-state index contributed by atoms with van der Waals surface area (Å²) >= 11 is 3.51. The lowest BCUT2D eigenvalue weighted by Crippen LogP contribution is -2.23. The lowest BCUT2D eigenvalue weighted by atomic mass is 10.1. The van der Waals surface area contributed by atoms with Gasteiger partial charge in [0.25, 0.3) is 5.91 Å². The van der Waals surface area contributed by atoms with Gasteiger partial charge in [-0.3, -0.25) is 14.7 Å². The number of carbonyl (C=O) groups is 1. The van der Waals surface area contributed by atoms with E-state index in [2.05, 4.69) is 27.6 Å². The Balaban J connectivity index is 1.88. The van der Waals surface area contributed by atoms with E-state index < -0.39 is 0 Å². The zero-order chi connectivity index (χ0) is 21.0. The van der Waals surface area contributed by atoms with Gasteiger partial charge in [-0.05, 0) is 82.7 Å². The maximum atomic E-state index is 13.4. The van der Waals surface area contributed by atoms with Gasteiger partial charge in [-0.25, -0.2) is 4.39 Å². The van der Waals surface area contributed by atoms with Gasteiger partial charge in [0, 0.05) is 14.1 Å². The number of hydrogen-bond acceptors (Lipinski definition) is 5. The molecule has 3 rings (SSSR count). The molecule has 1 amide bonds. The standard InChI is InChI=1S/C21H20FIN2O3S/c1-4-27-17-10-14(11-18-20(26)25(3)21(24-2)29-18)9-16(23)19(17)28-12-13-6-5-7-15(22)8-13/h5-11H,4,12H2,1-3H3/b18-11+,24-21?. The Morgan fingerprint density at radius 3 is 2.72 bits per heavy atom. The lowest BCUT2D eigenvalue weighted by Gasteiger charge is -2.15. The van der Waals surface area contributed by atoms with Crippen molar-refractivity contribution in [1.29, 1.82) is 0 Å². The predicted octanol–water partition coefficient (Wildman–Crippen LogP) is 4.94. The number of amides is 1. The highest BCUT2D eigenvalue weighted by molar-refractivity contribution is 14.1. The van der Waals surface area contributed by atoms with Gasteiger partial charge in [-0.1, -0.05) is 12.1 Å². The van der Waals surface area contributed by atoms with Crippen LogP contribution >= 0.6 is 34.4 Å². The third kappa shape index (κ3) is 5.11. The van der Waals surface area contributed by atoms with Crippen LogP contribution in [0.1, 0.15) is 18.1 Å². The molecule has 8 heteroatoms. The number of aliphatic imine (C=N–C) groups is 1. The van der Waals surface area contributed by atoms with Gasteiger partial charge >= 0.3 is 0 Å². The number of nitrogens with zero attached hydrogens (tertiary/aromatic N) is 2. The Labute approximate surface area is 187 Å².